The van der Waals surface area contributed by atoms with E-state index >= 15 is 0 Å². The Hall–Kier alpha value is -1.91. The fourth-order valence-electron chi connectivity index (χ4n) is 1.77. The van der Waals surface area contributed by atoms with Crippen molar-refractivity contribution in [3.8, 4) is 0 Å². The highest BCUT2D eigenvalue weighted by molar-refractivity contribution is 5.95. The lowest BCUT2D eigenvalue weighted by Gasteiger charge is -2.13. The molecule has 0 aromatic heterocycles. The van der Waals surface area contributed by atoms with Gasteiger partial charge in [-0.15, -0.1) is 0 Å². The van der Waals surface area contributed by atoms with Crippen LogP contribution in [0.25, 0.3) is 0 Å². The third-order valence-electron chi connectivity index (χ3n) is 2.65. The molecule has 1 amide bonds. The fourth-order valence-corrected chi connectivity index (χ4v) is 1.77. The van der Waals surface area contributed by atoms with Gasteiger partial charge in [-0.2, -0.15) is 0 Å². The lowest BCUT2D eigenvalue weighted by Crippen LogP contribution is -2.33. The summed E-state index contributed by atoms with van der Waals surface area (Å²) in [5, 5.41) is 2.63. The Bertz CT molecular complexity index is 478. The van der Waals surface area contributed by atoms with Crippen molar-refractivity contribution in [2.24, 2.45) is 0 Å². The first-order chi connectivity index (χ1) is 8.08. The van der Waals surface area contributed by atoms with Crippen LogP contribution in [0, 0.1) is 11.6 Å². The number of amides is 1. The van der Waals surface area contributed by atoms with Crippen LogP contribution in [0.5, 0.6) is 0 Å². The molecular formula is C12H12F2N2O. The van der Waals surface area contributed by atoms with E-state index in [1.165, 1.54) is 0 Å². The molecule has 5 heteroatoms. The van der Waals surface area contributed by atoms with E-state index < -0.39 is 17.5 Å². The molecule has 3 nitrogen and oxygen atoms in total. The normalized spacial score (nSPS) is 15.2. The maximum atomic E-state index is 13.5. The molecule has 17 heavy (non-hydrogen) atoms. The molecule has 0 fully saturated rings. The van der Waals surface area contributed by atoms with Crippen molar-refractivity contribution < 1.29 is 13.6 Å². The Kier molecular flexibility index (Phi) is 3.08. The SMILES string of the molecule is Nc1cc(F)cc(C(=O)NC2CC=CC2)c1F. The number of carbonyl (C=O) groups is 1. The molecule has 1 aliphatic rings. The third-order valence-corrected chi connectivity index (χ3v) is 2.65. The van der Waals surface area contributed by atoms with Gasteiger partial charge in [-0.1, -0.05) is 12.2 Å². The summed E-state index contributed by atoms with van der Waals surface area (Å²) in [4.78, 5) is 11.7. The van der Waals surface area contributed by atoms with Gasteiger partial charge in [0, 0.05) is 6.04 Å². The van der Waals surface area contributed by atoms with Gasteiger partial charge in [-0.25, -0.2) is 8.78 Å². The van der Waals surface area contributed by atoms with Crippen molar-refractivity contribution in [3.63, 3.8) is 0 Å². The topological polar surface area (TPSA) is 55.1 Å². The highest BCUT2D eigenvalue weighted by atomic mass is 19.1. The van der Waals surface area contributed by atoms with Gasteiger partial charge in [-0.05, 0) is 25.0 Å². The van der Waals surface area contributed by atoms with Crippen molar-refractivity contribution in [2.45, 2.75) is 18.9 Å². The van der Waals surface area contributed by atoms with Crippen LogP contribution in [0.2, 0.25) is 0 Å². The van der Waals surface area contributed by atoms with Crippen LogP contribution < -0.4 is 11.1 Å². The Balaban J connectivity index is 2.18. The van der Waals surface area contributed by atoms with Crippen LogP contribution in [-0.4, -0.2) is 11.9 Å². The minimum absolute atomic E-state index is 0.0496. The van der Waals surface area contributed by atoms with Crippen LogP contribution in [-0.2, 0) is 0 Å². The van der Waals surface area contributed by atoms with Gasteiger partial charge < -0.3 is 11.1 Å². The van der Waals surface area contributed by atoms with Gasteiger partial charge in [0.2, 0.25) is 0 Å². The first kappa shape index (κ1) is 11.6. The summed E-state index contributed by atoms with van der Waals surface area (Å²) in [6, 6.07) is 1.65. The van der Waals surface area contributed by atoms with E-state index in [0.29, 0.717) is 12.8 Å². The van der Waals surface area contributed by atoms with E-state index in [2.05, 4.69) is 5.32 Å². The van der Waals surface area contributed by atoms with E-state index in [4.69, 9.17) is 5.73 Å². The second kappa shape index (κ2) is 4.53. The number of nitrogen functional groups attached to an aromatic ring is 1. The summed E-state index contributed by atoms with van der Waals surface area (Å²) in [7, 11) is 0. The number of anilines is 1. The van der Waals surface area contributed by atoms with Crippen LogP contribution in [0.4, 0.5) is 14.5 Å². The van der Waals surface area contributed by atoms with Gasteiger partial charge in [0.05, 0.1) is 11.3 Å². The number of halogens is 2. The molecule has 0 atom stereocenters. The monoisotopic (exact) mass is 238 g/mol. The summed E-state index contributed by atoms with van der Waals surface area (Å²) in [6.45, 7) is 0. The van der Waals surface area contributed by atoms with E-state index in [0.717, 1.165) is 12.1 Å². The van der Waals surface area contributed by atoms with Crippen molar-refractivity contribution in [2.75, 3.05) is 5.73 Å². The highest BCUT2D eigenvalue weighted by Gasteiger charge is 2.19. The van der Waals surface area contributed by atoms with Gasteiger partial charge in [0.15, 0.2) is 5.82 Å². The number of benzene rings is 1. The van der Waals surface area contributed by atoms with Crippen molar-refractivity contribution in [3.05, 3.63) is 41.5 Å². The lowest BCUT2D eigenvalue weighted by atomic mass is 10.1. The lowest BCUT2D eigenvalue weighted by molar-refractivity contribution is 0.0934. The van der Waals surface area contributed by atoms with Crippen molar-refractivity contribution in [1.82, 2.24) is 5.32 Å². The first-order valence-corrected chi connectivity index (χ1v) is 5.28. The minimum atomic E-state index is -0.880. The van der Waals surface area contributed by atoms with Gasteiger partial charge >= 0.3 is 0 Å². The number of carbonyl (C=O) groups excluding carboxylic acids is 1. The number of nitrogens with one attached hydrogen (secondary N) is 1. The summed E-state index contributed by atoms with van der Waals surface area (Å²) in [5.74, 6) is -2.24. The molecule has 1 aliphatic carbocycles. The first-order valence-electron chi connectivity index (χ1n) is 5.28. The quantitative estimate of drug-likeness (QED) is 0.611. The summed E-state index contributed by atoms with van der Waals surface area (Å²) < 4.78 is 26.6. The molecule has 90 valence electrons. The molecule has 1 aromatic carbocycles. The zero-order valence-electron chi connectivity index (χ0n) is 9.04. The van der Waals surface area contributed by atoms with E-state index in [9.17, 15) is 13.6 Å². The fraction of sp³-hybridized carbons (Fsp3) is 0.250. The molecule has 1 aromatic rings. The molecule has 0 aliphatic heterocycles. The standard InChI is InChI=1S/C12H12F2N2O/c13-7-5-9(11(14)10(15)6-7)12(17)16-8-3-1-2-4-8/h1-2,5-6,8H,3-4,15H2,(H,16,17). The average Bonchev–Trinajstić information content (AvgIpc) is 2.76. The molecule has 3 N–H and O–H groups in total. The summed E-state index contributed by atoms with van der Waals surface area (Å²) in [5.41, 5.74) is 4.55. The third kappa shape index (κ3) is 2.43. The van der Waals surface area contributed by atoms with Gasteiger partial charge in [0.25, 0.3) is 5.91 Å². The average molecular weight is 238 g/mol. The molecule has 0 saturated carbocycles. The number of hydrogen-bond donors (Lipinski definition) is 2. The number of rotatable bonds is 2. The highest BCUT2D eigenvalue weighted by Crippen LogP contribution is 2.18. The minimum Gasteiger partial charge on any atom is -0.396 e. The second-order valence-electron chi connectivity index (χ2n) is 3.97. The van der Waals surface area contributed by atoms with E-state index in [1.54, 1.807) is 0 Å². The Morgan fingerprint density at radius 3 is 2.59 bits per heavy atom. The van der Waals surface area contributed by atoms with Crippen LogP contribution in [0.3, 0.4) is 0 Å². The number of hydrogen-bond acceptors (Lipinski definition) is 2. The number of nitrogens with two attached hydrogens (primary N) is 1. The van der Waals surface area contributed by atoms with Crippen molar-refractivity contribution >= 4 is 11.6 Å². The zero-order valence-corrected chi connectivity index (χ0v) is 9.04. The molecule has 0 heterocycles. The molecule has 0 bridgehead atoms. The van der Waals surface area contributed by atoms with Gasteiger partial charge in [0.1, 0.15) is 5.82 Å². The smallest absolute Gasteiger partial charge is 0.254 e. The summed E-state index contributed by atoms with van der Waals surface area (Å²) >= 11 is 0. The Labute approximate surface area is 97.3 Å². The maximum absolute atomic E-state index is 13.5. The van der Waals surface area contributed by atoms with Crippen LogP contribution in [0.1, 0.15) is 23.2 Å². The van der Waals surface area contributed by atoms with Crippen LogP contribution in [0.15, 0.2) is 24.3 Å². The largest absolute Gasteiger partial charge is 0.396 e. The molecule has 0 saturated heterocycles. The Morgan fingerprint density at radius 2 is 1.94 bits per heavy atom. The van der Waals surface area contributed by atoms with Gasteiger partial charge in [-0.3, -0.25) is 4.79 Å². The maximum Gasteiger partial charge on any atom is 0.254 e. The molecular weight excluding hydrogens is 226 g/mol. The Morgan fingerprint density at radius 1 is 1.29 bits per heavy atom. The zero-order chi connectivity index (χ0) is 12.4. The van der Waals surface area contributed by atoms with Crippen molar-refractivity contribution in [1.29, 1.82) is 0 Å². The van der Waals surface area contributed by atoms with E-state index in [-0.39, 0.29) is 17.3 Å². The predicted octanol–water partition coefficient (Wildman–Crippen LogP) is 2.00. The summed E-state index contributed by atoms with van der Waals surface area (Å²) in [6.07, 6.45) is 5.28. The van der Waals surface area contributed by atoms with E-state index in [1.807, 2.05) is 12.2 Å². The second-order valence-corrected chi connectivity index (χ2v) is 3.97. The molecule has 2 rings (SSSR count). The molecule has 0 radical (unpaired) electrons. The van der Waals surface area contributed by atoms with Crippen LogP contribution >= 0.6 is 0 Å². The molecule has 0 unspecified atom stereocenters. The predicted molar refractivity (Wildman–Crippen MR) is 60.4 cm³/mol. The molecule has 0 spiro atoms.